The molecule has 0 bridgehead atoms. The molecule has 0 spiro atoms. The Hall–Kier alpha value is -1.24. The molecule has 0 aliphatic carbocycles. The first-order valence-corrected chi connectivity index (χ1v) is 4.36. The second kappa shape index (κ2) is 7.41. The molecule has 0 radical (unpaired) electrons. The Morgan fingerprint density at radius 3 is 2.77 bits per heavy atom. The minimum Gasteiger partial charge on any atom is -0.302 e. The average molecular weight is 181 g/mol. The van der Waals surface area contributed by atoms with Crippen LogP contribution in [0.15, 0.2) is 5.11 Å². The summed E-state index contributed by atoms with van der Waals surface area (Å²) in [7, 11) is 0. The van der Waals surface area contributed by atoms with E-state index in [1.54, 1.807) is 0 Å². The fourth-order valence-corrected chi connectivity index (χ4v) is 0.882. The Bertz CT molecular complexity index is 211. The number of hydrogen-bond donors (Lipinski definition) is 1. The Morgan fingerprint density at radius 1 is 1.62 bits per heavy atom. The van der Waals surface area contributed by atoms with Gasteiger partial charge in [-0.2, -0.15) is 5.26 Å². The van der Waals surface area contributed by atoms with Crippen molar-refractivity contribution in [2.45, 2.75) is 26.3 Å². The van der Waals surface area contributed by atoms with Crippen molar-refractivity contribution < 1.29 is 0 Å². The second-order valence-corrected chi connectivity index (χ2v) is 3.11. The maximum atomic E-state index is 8.70. The molecule has 1 N–H and O–H groups in total. The third-order valence-electron chi connectivity index (χ3n) is 1.67. The molecule has 0 aliphatic heterocycles. The predicted octanol–water partition coefficient (Wildman–Crippen LogP) is 1.82. The highest BCUT2D eigenvalue weighted by Crippen LogP contribution is 1.99. The van der Waals surface area contributed by atoms with Crippen LogP contribution < -0.4 is 5.32 Å². The van der Waals surface area contributed by atoms with E-state index in [2.05, 4.69) is 21.4 Å². The van der Waals surface area contributed by atoms with E-state index in [1.165, 1.54) is 0 Å². The van der Waals surface area contributed by atoms with E-state index in [4.69, 9.17) is 10.8 Å². The normalized spacial score (nSPS) is 11.8. The number of rotatable bonds is 6. The van der Waals surface area contributed by atoms with Gasteiger partial charge in [0, 0.05) is 11.5 Å². The highest BCUT2D eigenvalue weighted by Gasteiger charge is 2.09. The van der Waals surface area contributed by atoms with Crippen molar-refractivity contribution in [1.82, 2.24) is 5.32 Å². The van der Waals surface area contributed by atoms with Crippen molar-refractivity contribution in [3.05, 3.63) is 10.4 Å². The van der Waals surface area contributed by atoms with Crippen molar-refractivity contribution in [3.63, 3.8) is 0 Å². The summed E-state index contributed by atoms with van der Waals surface area (Å²) in [5.41, 5.74) is 7.99. The summed E-state index contributed by atoms with van der Waals surface area (Å²) >= 11 is 0. The monoisotopic (exact) mass is 181 g/mol. The molecule has 1 unspecified atom stereocenters. The fourth-order valence-electron chi connectivity index (χ4n) is 0.882. The van der Waals surface area contributed by atoms with E-state index in [0.29, 0.717) is 12.5 Å². The summed E-state index contributed by atoms with van der Waals surface area (Å²) in [6.07, 6.45) is 0.773. The molecule has 72 valence electrons. The molecule has 0 aromatic rings. The van der Waals surface area contributed by atoms with E-state index in [9.17, 15) is 0 Å². The maximum absolute atomic E-state index is 8.70. The van der Waals surface area contributed by atoms with Crippen LogP contribution in [-0.4, -0.2) is 19.1 Å². The Balaban J connectivity index is 3.51. The zero-order valence-electron chi connectivity index (χ0n) is 8.06. The first kappa shape index (κ1) is 11.8. The summed E-state index contributed by atoms with van der Waals surface area (Å²) in [5, 5.41) is 15.2. The number of azide groups is 1. The highest BCUT2D eigenvalue weighted by atomic mass is 15.1. The zero-order valence-corrected chi connectivity index (χ0v) is 8.06. The maximum Gasteiger partial charge on any atom is 0.0976 e. The third kappa shape index (κ3) is 5.97. The molecule has 0 aliphatic rings. The molecular formula is C8H15N5. The zero-order chi connectivity index (χ0) is 10.1. The van der Waals surface area contributed by atoms with Crippen LogP contribution in [0.25, 0.3) is 10.4 Å². The van der Waals surface area contributed by atoms with Gasteiger partial charge in [0.15, 0.2) is 0 Å². The molecule has 0 fully saturated rings. The molecule has 0 saturated carbocycles. The third-order valence-corrected chi connectivity index (χ3v) is 1.67. The molecule has 13 heavy (non-hydrogen) atoms. The fraction of sp³-hybridized carbons (Fsp3) is 0.875. The lowest BCUT2D eigenvalue weighted by molar-refractivity contribution is 0.469. The van der Waals surface area contributed by atoms with Crippen LogP contribution in [0.5, 0.6) is 0 Å². The van der Waals surface area contributed by atoms with Crippen LogP contribution in [0.3, 0.4) is 0 Å². The molecule has 0 saturated heterocycles. The topological polar surface area (TPSA) is 84.6 Å². The summed E-state index contributed by atoms with van der Waals surface area (Å²) in [6.45, 7) is 5.19. The quantitative estimate of drug-likeness (QED) is 0.293. The lowest BCUT2D eigenvalue weighted by Gasteiger charge is -2.13. The van der Waals surface area contributed by atoms with Gasteiger partial charge in [-0.3, -0.25) is 0 Å². The van der Waals surface area contributed by atoms with Crippen LogP contribution >= 0.6 is 0 Å². The molecular weight excluding hydrogens is 166 g/mol. The van der Waals surface area contributed by atoms with Crippen LogP contribution in [-0.2, 0) is 0 Å². The van der Waals surface area contributed by atoms with Gasteiger partial charge >= 0.3 is 0 Å². The van der Waals surface area contributed by atoms with Crippen LogP contribution in [0, 0.1) is 17.2 Å². The van der Waals surface area contributed by atoms with E-state index < -0.39 is 0 Å². The van der Waals surface area contributed by atoms with Gasteiger partial charge in [-0.1, -0.05) is 19.0 Å². The molecule has 0 aromatic heterocycles. The smallest absolute Gasteiger partial charge is 0.0976 e. The summed E-state index contributed by atoms with van der Waals surface area (Å²) in [5.74, 6) is 0.310. The summed E-state index contributed by atoms with van der Waals surface area (Å²) < 4.78 is 0. The molecule has 1 atom stereocenters. The minimum absolute atomic E-state index is 0.105. The number of nitriles is 1. The molecule has 0 rings (SSSR count). The van der Waals surface area contributed by atoms with Crippen molar-refractivity contribution in [2.75, 3.05) is 13.1 Å². The van der Waals surface area contributed by atoms with Crippen LogP contribution in [0.2, 0.25) is 0 Å². The number of nitrogens with zero attached hydrogens (tertiary/aromatic N) is 4. The largest absolute Gasteiger partial charge is 0.302 e. The van der Waals surface area contributed by atoms with Crippen LogP contribution in [0.4, 0.5) is 0 Å². The molecule has 0 aromatic carbocycles. The first-order chi connectivity index (χ1) is 6.22. The van der Waals surface area contributed by atoms with Gasteiger partial charge in [0.1, 0.15) is 0 Å². The van der Waals surface area contributed by atoms with Gasteiger partial charge < -0.3 is 5.32 Å². The Kier molecular flexibility index (Phi) is 6.70. The van der Waals surface area contributed by atoms with E-state index in [-0.39, 0.29) is 6.04 Å². The SMILES string of the molecule is CC(C)C(C#N)NCCCN=[N+]=[N-]. The van der Waals surface area contributed by atoms with E-state index in [1.807, 2.05) is 13.8 Å². The Labute approximate surface area is 78.4 Å². The molecule has 0 amide bonds. The summed E-state index contributed by atoms with van der Waals surface area (Å²) in [4.78, 5) is 2.64. The lowest BCUT2D eigenvalue weighted by atomic mass is 10.1. The highest BCUT2D eigenvalue weighted by molar-refractivity contribution is 4.91. The van der Waals surface area contributed by atoms with E-state index >= 15 is 0 Å². The molecule has 0 heterocycles. The number of nitrogens with one attached hydrogen (secondary N) is 1. The van der Waals surface area contributed by atoms with Gasteiger partial charge in [0.05, 0.1) is 12.1 Å². The molecule has 5 heteroatoms. The van der Waals surface area contributed by atoms with Gasteiger partial charge in [-0.05, 0) is 24.4 Å². The van der Waals surface area contributed by atoms with Gasteiger partial charge in [-0.15, -0.1) is 0 Å². The standard InChI is InChI=1S/C8H15N5/c1-7(2)8(6-9)11-4-3-5-12-13-10/h7-8,11H,3-5H2,1-2H3. The summed E-state index contributed by atoms with van der Waals surface area (Å²) in [6, 6.07) is 2.07. The van der Waals surface area contributed by atoms with Gasteiger partial charge in [0.25, 0.3) is 0 Å². The second-order valence-electron chi connectivity index (χ2n) is 3.11. The van der Waals surface area contributed by atoms with Crippen molar-refractivity contribution in [3.8, 4) is 6.07 Å². The average Bonchev–Trinajstić information content (AvgIpc) is 2.10. The first-order valence-electron chi connectivity index (χ1n) is 4.36. The van der Waals surface area contributed by atoms with Gasteiger partial charge in [-0.25, -0.2) is 0 Å². The molecule has 5 nitrogen and oxygen atoms in total. The van der Waals surface area contributed by atoms with Crippen molar-refractivity contribution in [1.29, 1.82) is 5.26 Å². The van der Waals surface area contributed by atoms with Gasteiger partial charge in [0.2, 0.25) is 0 Å². The van der Waals surface area contributed by atoms with Crippen LogP contribution in [0.1, 0.15) is 20.3 Å². The van der Waals surface area contributed by atoms with Crippen molar-refractivity contribution in [2.24, 2.45) is 11.0 Å². The Morgan fingerprint density at radius 2 is 2.31 bits per heavy atom. The predicted molar refractivity (Wildman–Crippen MR) is 50.9 cm³/mol. The lowest BCUT2D eigenvalue weighted by Crippen LogP contribution is -2.33. The van der Waals surface area contributed by atoms with Crippen molar-refractivity contribution >= 4 is 0 Å². The van der Waals surface area contributed by atoms with E-state index in [0.717, 1.165) is 13.0 Å². The minimum atomic E-state index is -0.105. The number of hydrogen-bond acceptors (Lipinski definition) is 3.